The molecule has 0 saturated heterocycles. The molecule has 10 heteroatoms. The highest BCUT2D eigenvalue weighted by atomic mass is 32.2. The number of hydrogen-bond donors (Lipinski definition) is 0. The van der Waals surface area contributed by atoms with Crippen molar-refractivity contribution in [3.8, 4) is 0 Å². The van der Waals surface area contributed by atoms with Crippen molar-refractivity contribution in [2.75, 3.05) is 6.61 Å². The molecule has 1 aromatic carbocycles. The molecular formula is C12H10F4O5S. The van der Waals surface area contributed by atoms with Crippen LogP contribution in [0.3, 0.4) is 0 Å². The van der Waals surface area contributed by atoms with Crippen LogP contribution in [0.5, 0.6) is 0 Å². The lowest BCUT2D eigenvalue weighted by Crippen LogP contribution is -2.25. The second-order valence-corrected chi connectivity index (χ2v) is 5.29. The van der Waals surface area contributed by atoms with Gasteiger partial charge < -0.3 is 8.92 Å². The summed E-state index contributed by atoms with van der Waals surface area (Å²) in [5, 5.41) is 0. The number of benzene rings is 1. The summed E-state index contributed by atoms with van der Waals surface area (Å²) in [4.78, 5) is 11.3. The molecule has 5 nitrogen and oxygen atoms in total. The van der Waals surface area contributed by atoms with Crippen molar-refractivity contribution >= 4 is 21.8 Å². The normalized spacial score (nSPS) is 12.9. The molecule has 0 saturated carbocycles. The predicted octanol–water partition coefficient (Wildman–Crippen LogP) is 2.60. The van der Waals surface area contributed by atoms with Gasteiger partial charge in [0.1, 0.15) is 5.82 Å². The van der Waals surface area contributed by atoms with Gasteiger partial charge in [0, 0.05) is 5.56 Å². The minimum absolute atomic E-state index is 0.0994. The Morgan fingerprint density at radius 2 is 1.95 bits per heavy atom. The maximum atomic E-state index is 13.1. The first-order chi connectivity index (χ1) is 10.1. The van der Waals surface area contributed by atoms with Crippen LogP contribution in [0, 0.1) is 5.82 Å². The largest absolute Gasteiger partial charge is 0.534 e. The van der Waals surface area contributed by atoms with Crippen LogP contribution in [0.15, 0.2) is 30.3 Å². The van der Waals surface area contributed by atoms with E-state index in [1.807, 2.05) is 0 Å². The van der Waals surface area contributed by atoms with Crippen LogP contribution < -0.4 is 0 Å². The Morgan fingerprint density at radius 1 is 1.32 bits per heavy atom. The Bertz CT molecular complexity index is 679. The Labute approximate surface area is 123 Å². The van der Waals surface area contributed by atoms with Crippen molar-refractivity contribution in [2.24, 2.45) is 0 Å². The SMILES string of the molecule is CCOC(=O)/C=C(\OS(=O)(=O)C(F)(F)F)c1cccc(F)c1. The zero-order valence-electron chi connectivity index (χ0n) is 11.1. The van der Waals surface area contributed by atoms with Crippen LogP contribution in [-0.4, -0.2) is 26.5 Å². The molecule has 0 aliphatic carbocycles. The van der Waals surface area contributed by atoms with Gasteiger partial charge in [-0.3, -0.25) is 0 Å². The highest BCUT2D eigenvalue weighted by Gasteiger charge is 2.49. The lowest BCUT2D eigenvalue weighted by atomic mass is 10.2. The fourth-order valence-corrected chi connectivity index (χ4v) is 1.73. The van der Waals surface area contributed by atoms with E-state index in [1.54, 1.807) is 0 Å². The molecule has 122 valence electrons. The number of carbonyl (C=O) groups is 1. The van der Waals surface area contributed by atoms with Crippen LogP contribution >= 0.6 is 0 Å². The van der Waals surface area contributed by atoms with E-state index in [4.69, 9.17) is 0 Å². The van der Waals surface area contributed by atoms with E-state index in [2.05, 4.69) is 8.92 Å². The van der Waals surface area contributed by atoms with Crippen LogP contribution in [0.4, 0.5) is 17.6 Å². The molecule has 1 aromatic rings. The zero-order chi connectivity index (χ0) is 17.0. The minimum Gasteiger partial charge on any atom is -0.463 e. The number of alkyl halides is 3. The molecular weight excluding hydrogens is 332 g/mol. The van der Waals surface area contributed by atoms with Gasteiger partial charge in [-0.15, -0.1) is 0 Å². The molecule has 0 aliphatic heterocycles. The third kappa shape index (κ3) is 4.72. The molecule has 0 atom stereocenters. The molecule has 22 heavy (non-hydrogen) atoms. The molecule has 0 N–H and O–H groups in total. The minimum atomic E-state index is -6.02. The third-order valence-corrected chi connectivity index (χ3v) is 3.09. The number of hydrogen-bond acceptors (Lipinski definition) is 5. The fraction of sp³-hybridized carbons (Fsp3) is 0.250. The van der Waals surface area contributed by atoms with E-state index >= 15 is 0 Å². The first-order valence-corrected chi connectivity index (χ1v) is 7.13. The number of esters is 1. The Morgan fingerprint density at radius 3 is 2.45 bits per heavy atom. The summed E-state index contributed by atoms with van der Waals surface area (Å²) in [5.41, 5.74) is -6.07. The first kappa shape index (κ1) is 18.0. The van der Waals surface area contributed by atoms with Crippen molar-refractivity contribution in [3.63, 3.8) is 0 Å². The van der Waals surface area contributed by atoms with Gasteiger partial charge in [-0.2, -0.15) is 21.6 Å². The van der Waals surface area contributed by atoms with E-state index in [1.165, 1.54) is 6.92 Å². The topological polar surface area (TPSA) is 69.7 Å². The molecule has 0 aromatic heterocycles. The maximum Gasteiger partial charge on any atom is 0.534 e. The number of carbonyl (C=O) groups excluding carboxylic acids is 1. The summed E-state index contributed by atoms with van der Waals surface area (Å²) in [6.45, 7) is 1.33. The van der Waals surface area contributed by atoms with Crippen molar-refractivity contribution in [3.05, 3.63) is 41.7 Å². The molecule has 1 rings (SSSR count). The van der Waals surface area contributed by atoms with E-state index in [9.17, 15) is 30.8 Å². The summed E-state index contributed by atoms with van der Waals surface area (Å²) in [7, 11) is -6.02. The van der Waals surface area contributed by atoms with Crippen molar-refractivity contribution < 1.29 is 39.7 Å². The van der Waals surface area contributed by atoms with Gasteiger partial charge in [-0.1, -0.05) is 12.1 Å². The highest BCUT2D eigenvalue weighted by molar-refractivity contribution is 7.87. The highest BCUT2D eigenvalue weighted by Crippen LogP contribution is 2.30. The van der Waals surface area contributed by atoms with E-state index in [-0.39, 0.29) is 12.2 Å². The van der Waals surface area contributed by atoms with Gasteiger partial charge >= 0.3 is 21.6 Å². The second kappa shape index (κ2) is 6.77. The van der Waals surface area contributed by atoms with Crippen LogP contribution in [0.2, 0.25) is 0 Å². The molecule has 0 bridgehead atoms. The van der Waals surface area contributed by atoms with Crippen molar-refractivity contribution in [2.45, 2.75) is 12.4 Å². The Kier molecular flexibility index (Phi) is 5.53. The second-order valence-electron chi connectivity index (χ2n) is 3.75. The summed E-state index contributed by atoms with van der Waals surface area (Å²) < 4.78 is 80.6. The quantitative estimate of drug-likeness (QED) is 0.205. The van der Waals surface area contributed by atoms with Gasteiger partial charge in [0.25, 0.3) is 0 Å². The molecule has 0 spiro atoms. The first-order valence-electron chi connectivity index (χ1n) is 5.72. The average Bonchev–Trinajstić information content (AvgIpc) is 2.36. The summed E-state index contributed by atoms with van der Waals surface area (Å²) in [5.74, 6) is -3.00. The molecule has 0 aliphatic rings. The summed E-state index contributed by atoms with van der Waals surface area (Å²) >= 11 is 0. The molecule has 0 fully saturated rings. The summed E-state index contributed by atoms with van der Waals surface area (Å²) in [6.07, 6.45) is 0.390. The number of ether oxygens (including phenoxy) is 1. The zero-order valence-corrected chi connectivity index (χ0v) is 11.9. The van der Waals surface area contributed by atoms with Crippen LogP contribution in [0.25, 0.3) is 5.76 Å². The maximum absolute atomic E-state index is 13.1. The van der Waals surface area contributed by atoms with Gasteiger partial charge in [0.05, 0.1) is 12.7 Å². The summed E-state index contributed by atoms with van der Waals surface area (Å²) in [6, 6.07) is 3.86. The van der Waals surface area contributed by atoms with Crippen LogP contribution in [0.1, 0.15) is 12.5 Å². The number of rotatable bonds is 5. The van der Waals surface area contributed by atoms with Gasteiger partial charge in [0.15, 0.2) is 5.76 Å². The van der Waals surface area contributed by atoms with Crippen molar-refractivity contribution in [1.29, 1.82) is 0 Å². The lowest BCUT2D eigenvalue weighted by Gasteiger charge is -2.12. The van der Waals surface area contributed by atoms with Gasteiger partial charge in [-0.05, 0) is 19.1 Å². The van der Waals surface area contributed by atoms with E-state index in [0.29, 0.717) is 12.1 Å². The van der Waals surface area contributed by atoms with Gasteiger partial charge in [0.2, 0.25) is 0 Å². The monoisotopic (exact) mass is 342 g/mol. The fourth-order valence-electron chi connectivity index (χ4n) is 1.25. The van der Waals surface area contributed by atoms with E-state index < -0.39 is 33.2 Å². The molecule has 0 heterocycles. The third-order valence-electron chi connectivity index (χ3n) is 2.13. The Hall–Kier alpha value is -2.10. The standard InChI is InChI=1S/C12H10F4O5S/c1-2-20-11(17)7-10(8-4-3-5-9(13)6-8)21-22(18,19)12(14,15)16/h3-7H,2H2,1H3/b10-7-. The van der Waals surface area contributed by atoms with Crippen molar-refractivity contribution in [1.82, 2.24) is 0 Å². The Balaban J connectivity index is 3.27. The predicted molar refractivity (Wildman–Crippen MR) is 67.1 cm³/mol. The smallest absolute Gasteiger partial charge is 0.463 e. The van der Waals surface area contributed by atoms with Crippen LogP contribution in [-0.2, 0) is 23.8 Å². The molecule has 0 amide bonds. The number of halogens is 4. The van der Waals surface area contributed by atoms with E-state index in [0.717, 1.165) is 18.2 Å². The van der Waals surface area contributed by atoms with Gasteiger partial charge in [-0.25, -0.2) is 9.18 Å². The lowest BCUT2D eigenvalue weighted by molar-refractivity contribution is -0.137. The molecule has 0 radical (unpaired) electrons. The molecule has 0 unspecified atom stereocenters. The average molecular weight is 342 g/mol.